The molecule has 1 rings (SSSR count). The molecule has 1 fully saturated rings. The van der Waals surface area contributed by atoms with Gasteiger partial charge in [0.05, 0.1) is 9.15 Å². The van der Waals surface area contributed by atoms with Gasteiger partial charge in [-0.2, -0.15) is 13.2 Å². The highest BCUT2D eigenvalue weighted by Gasteiger charge is 2.70. The minimum absolute atomic E-state index is 0.368. The molecule has 0 radical (unpaired) electrons. The lowest BCUT2D eigenvalue weighted by Crippen LogP contribution is -2.14. The lowest BCUT2D eigenvalue weighted by atomic mass is 10.3. The Labute approximate surface area is 73.4 Å². The van der Waals surface area contributed by atoms with Crippen molar-refractivity contribution in [2.75, 3.05) is 0 Å². The predicted octanol–water partition coefficient (Wildman–Crippen LogP) is 3.30. The minimum Gasteiger partial charge on any atom is -0.171 e. The van der Waals surface area contributed by atoms with E-state index >= 15 is 0 Å². The molecule has 0 amide bonds. The molecule has 0 aromatic rings. The lowest BCUT2D eigenvalue weighted by Gasteiger charge is -2.04. The van der Waals surface area contributed by atoms with Crippen molar-refractivity contribution in [3.05, 3.63) is 0 Å². The lowest BCUT2D eigenvalue weighted by molar-refractivity contribution is -0.150. The van der Waals surface area contributed by atoms with Gasteiger partial charge < -0.3 is 0 Å². The fourth-order valence-electron chi connectivity index (χ4n) is 0.981. The number of hydrogen-bond donors (Lipinski definition) is 0. The van der Waals surface area contributed by atoms with Gasteiger partial charge in [0.1, 0.15) is 0 Å². The first kappa shape index (κ1) is 8.84. The molecule has 5 heteroatoms. The van der Waals surface area contributed by atoms with Gasteiger partial charge in [-0.05, 0) is 5.92 Å². The molecular formula is C5H5Br2F3. The van der Waals surface area contributed by atoms with Gasteiger partial charge in [0, 0.05) is 0 Å². The Bertz CT molecular complexity index is 141. The maximum atomic E-state index is 11.9. The van der Waals surface area contributed by atoms with Gasteiger partial charge in [-0.3, -0.25) is 0 Å². The molecule has 1 saturated carbocycles. The molecule has 2 atom stereocenters. The van der Waals surface area contributed by atoms with Crippen molar-refractivity contribution in [2.24, 2.45) is 11.8 Å². The van der Waals surface area contributed by atoms with Gasteiger partial charge in [-0.15, -0.1) is 0 Å². The van der Waals surface area contributed by atoms with Crippen LogP contribution in [0.1, 0.15) is 6.92 Å². The van der Waals surface area contributed by atoms with Crippen LogP contribution in [0.5, 0.6) is 0 Å². The highest BCUT2D eigenvalue weighted by atomic mass is 79.9. The Balaban J connectivity index is 2.66. The van der Waals surface area contributed by atoms with Crippen LogP contribution in [0, 0.1) is 11.8 Å². The molecular weight excluding hydrogens is 277 g/mol. The van der Waals surface area contributed by atoms with E-state index < -0.39 is 15.3 Å². The molecule has 0 saturated heterocycles. The molecule has 1 aliphatic rings. The molecule has 10 heavy (non-hydrogen) atoms. The summed E-state index contributed by atoms with van der Waals surface area (Å²) in [5.74, 6) is -1.60. The fraction of sp³-hybridized carbons (Fsp3) is 1.00. The molecule has 0 nitrogen and oxygen atoms in total. The van der Waals surface area contributed by atoms with Crippen LogP contribution >= 0.6 is 31.9 Å². The molecule has 0 aliphatic heterocycles. The minimum atomic E-state index is -4.08. The van der Waals surface area contributed by atoms with Gasteiger partial charge in [-0.1, -0.05) is 38.8 Å². The van der Waals surface area contributed by atoms with Crippen LogP contribution in [-0.4, -0.2) is 9.41 Å². The second kappa shape index (κ2) is 2.12. The number of halogens is 5. The average Bonchev–Trinajstić information content (AvgIpc) is 2.03. The standard InChI is InChI=1S/C5H5Br2F3/c1-2-3(4(2,6)7)5(8,9)10/h2-3H,1H3. The summed E-state index contributed by atoms with van der Waals surface area (Å²) in [7, 11) is 0. The molecule has 60 valence electrons. The fourth-order valence-corrected chi connectivity index (χ4v) is 2.56. The Kier molecular flexibility index (Phi) is 1.88. The first-order valence-corrected chi connectivity index (χ1v) is 4.31. The van der Waals surface area contributed by atoms with E-state index in [0.717, 1.165) is 0 Å². The Morgan fingerprint density at radius 3 is 1.60 bits per heavy atom. The molecule has 0 N–H and O–H groups in total. The highest BCUT2D eigenvalue weighted by molar-refractivity contribution is 9.25. The largest absolute Gasteiger partial charge is 0.394 e. The number of rotatable bonds is 0. The molecule has 0 aromatic heterocycles. The van der Waals surface area contributed by atoms with Crippen LogP contribution < -0.4 is 0 Å². The summed E-state index contributed by atoms with van der Waals surface area (Å²) in [6, 6.07) is 0. The van der Waals surface area contributed by atoms with E-state index in [1.807, 2.05) is 0 Å². The summed E-state index contributed by atoms with van der Waals surface area (Å²) >= 11 is 5.90. The predicted molar refractivity (Wildman–Crippen MR) is 39.3 cm³/mol. The van der Waals surface area contributed by atoms with E-state index in [4.69, 9.17) is 0 Å². The second-order valence-electron chi connectivity index (χ2n) is 2.48. The summed E-state index contributed by atoms with van der Waals surface area (Å²) in [6.45, 7) is 1.56. The number of alkyl halides is 5. The summed E-state index contributed by atoms with van der Waals surface area (Å²) in [6.07, 6.45) is -4.08. The summed E-state index contributed by atoms with van der Waals surface area (Å²) < 4.78 is 34.9. The third kappa shape index (κ3) is 1.22. The van der Waals surface area contributed by atoms with Gasteiger partial charge in [-0.25, -0.2) is 0 Å². The maximum absolute atomic E-state index is 11.9. The van der Waals surface area contributed by atoms with Crippen LogP contribution in [0.4, 0.5) is 13.2 Å². The molecule has 2 unspecified atom stereocenters. The zero-order valence-electron chi connectivity index (χ0n) is 5.04. The maximum Gasteiger partial charge on any atom is 0.394 e. The van der Waals surface area contributed by atoms with Crippen molar-refractivity contribution in [1.29, 1.82) is 0 Å². The molecule has 0 bridgehead atoms. The topological polar surface area (TPSA) is 0 Å². The number of hydrogen-bond acceptors (Lipinski definition) is 0. The van der Waals surface area contributed by atoms with E-state index in [2.05, 4.69) is 31.9 Å². The van der Waals surface area contributed by atoms with Crippen molar-refractivity contribution in [3.8, 4) is 0 Å². The zero-order chi connectivity index (χ0) is 8.15. The van der Waals surface area contributed by atoms with Gasteiger partial charge in [0.25, 0.3) is 0 Å². The van der Waals surface area contributed by atoms with Crippen molar-refractivity contribution in [3.63, 3.8) is 0 Å². The SMILES string of the molecule is CC1C(C(F)(F)F)C1(Br)Br. The monoisotopic (exact) mass is 280 g/mol. The molecule has 0 aromatic carbocycles. The average molecular weight is 282 g/mol. The zero-order valence-corrected chi connectivity index (χ0v) is 8.22. The smallest absolute Gasteiger partial charge is 0.171 e. The van der Waals surface area contributed by atoms with Gasteiger partial charge in [0.15, 0.2) is 0 Å². The van der Waals surface area contributed by atoms with E-state index in [0.29, 0.717) is 0 Å². The summed E-state index contributed by atoms with van der Waals surface area (Å²) in [5.41, 5.74) is 0. The van der Waals surface area contributed by atoms with Crippen LogP contribution in [0.2, 0.25) is 0 Å². The van der Waals surface area contributed by atoms with Crippen LogP contribution in [0.15, 0.2) is 0 Å². The third-order valence-electron chi connectivity index (χ3n) is 1.77. The van der Waals surface area contributed by atoms with E-state index in [1.54, 1.807) is 6.92 Å². The van der Waals surface area contributed by atoms with Crippen molar-refractivity contribution < 1.29 is 13.2 Å². The first-order chi connectivity index (χ1) is 4.28. The second-order valence-corrected chi connectivity index (χ2v) is 6.17. The Morgan fingerprint density at radius 2 is 1.60 bits per heavy atom. The van der Waals surface area contributed by atoms with Crippen LogP contribution in [-0.2, 0) is 0 Å². The van der Waals surface area contributed by atoms with E-state index in [1.165, 1.54) is 0 Å². The van der Waals surface area contributed by atoms with E-state index in [-0.39, 0.29) is 5.92 Å². The van der Waals surface area contributed by atoms with Crippen molar-refractivity contribution >= 4 is 31.9 Å². The van der Waals surface area contributed by atoms with Crippen LogP contribution in [0.25, 0.3) is 0 Å². The summed E-state index contributed by atoms with van der Waals surface area (Å²) in [4.78, 5) is 0. The highest BCUT2D eigenvalue weighted by Crippen LogP contribution is 2.67. The van der Waals surface area contributed by atoms with Gasteiger partial charge in [0.2, 0.25) is 0 Å². The quantitative estimate of drug-likeness (QED) is 0.598. The first-order valence-electron chi connectivity index (χ1n) is 2.72. The molecule has 0 spiro atoms. The normalized spacial score (nSPS) is 37.8. The Hall–Kier alpha value is 0.750. The third-order valence-corrected chi connectivity index (χ3v) is 4.20. The van der Waals surface area contributed by atoms with E-state index in [9.17, 15) is 13.2 Å². The summed E-state index contributed by atoms with van der Waals surface area (Å²) in [5, 5.41) is 0. The van der Waals surface area contributed by atoms with Crippen molar-refractivity contribution in [2.45, 2.75) is 16.3 Å². The Morgan fingerprint density at radius 1 is 1.30 bits per heavy atom. The molecule has 0 heterocycles. The van der Waals surface area contributed by atoms with Crippen LogP contribution in [0.3, 0.4) is 0 Å². The van der Waals surface area contributed by atoms with Crippen molar-refractivity contribution in [1.82, 2.24) is 0 Å². The van der Waals surface area contributed by atoms with Gasteiger partial charge >= 0.3 is 6.18 Å². The molecule has 1 aliphatic carbocycles.